The van der Waals surface area contributed by atoms with E-state index >= 15 is 0 Å². The van der Waals surface area contributed by atoms with Crippen molar-refractivity contribution in [3.63, 3.8) is 0 Å². The third-order valence-corrected chi connectivity index (χ3v) is 5.47. The fraction of sp³-hybridized carbons (Fsp3) is 0.846. The highest BCUT2D eigenvalue weighted by Gasteiger charge is 2.27. The molecule has 0 aromatic heterocycles. The second-order valence-corrected chi connectivity index (χ2v) is 7.14. The van der Waals surface area contributed by atoms with E-state index in [2.05, 4.69) is 6.58 Å². The van der Waals surface area contributed by atoms with E-state index in [1.165, 1.54) is 19.3 Å². The van der Waals surface area contributed by atoms with Gasteiger partial charge in [-0.2, -0.15) is 0 Å². The molecular weight excluding hydrogens is 234 g/mol. The summed E-state index contributed by atoms with van der Waals surface area (Å²) in [5.41, 5.74) is 0. The Morgan fingerprint density at radius 1 is 1.47 bits per heavy atom. The summed E-state index contributed by atoms with van der Waals surface area (Å²) in [6, 6.07) is 0. The summed E-state index contributed by atoms with van der Waals surface area (Å²) >= 11 is 0. The summed E-state index contributed by atoms with van der Waals surface area (Å²) in [5.74, 6) is 0.912. The second-order valence-electron chi connectivity index (χ2n) is 5.36. The summed E-state index contributed by atoms with van der Waals surface area (Å²) in [6.45, 7) is 5.60. The maximum atomic E-state index is 11.6. The average molecular weight is 259 g/mol. The van der Waals surface area contributed by atoms with E-state index in [0.717, 1.165) is 18.8 Å². The van der Waals surface area contributed by atoms with Crippen LogP contribution in [-0.2, 0) is 10.0 Å². The third-order valence-electron chi connectivity index (χ3n) is 3.92. The first-order valence-corrected chi connectivity index (χ1v) is 8.18. The van der Waals surface area contributed by atoms with Crippen LogP contribution in [0.25, 0.3) is 0 Å². The van der Waals surface area contributed by atoms with Gasteiger partial charge in [0.05, 0.1) is 5.25 Å². The molecule has 4 heteroatoms. The third kappa shape index (κ3) is 4.80. The molecule has 0 heterocycles. The van der Waals surface area contributed by atoms with Gasteiger partial charge in [-0.3, -0.25) is 0 Å². The van der Waals surface area contributed by atoms with Crippen molar-refractivity contribution in [1.82, 2.24) is 0 Å². The van der Waals surface area contributed by atoms with Gasteiger partial charge in [0.25, 0.3) is 0 Å². The standard InChI is InChI=1S/C13H25NO2S/c1-3-6-11(2)13(17(14,15)16)10-5-9-12-7-4-8-12/h3,11-13H,1,4-10H2,2H3,(H2,14,15,16)/t11-,13?/m0/s1. The number of rotatable bonds is 8. The Morgan fingerprint density at radius 2 is 2.12 bits per heavy atom. The lowest BCUT2D eigenvalue weighted by Gasteiger charge is -2.27. The summed E-state index contributed by atoms with van der Waals surface area (Å²) in [4.78, 5) is 0. The number of nitrogens with two attached hydrogens (primary N) is 1. The largest absolute Gasteiger partial charge is 0.228 e. The molecule has 0 spiro atoms. The fourth-order valence-corrected chi connectivity index (χ4v) is 3.83. The number of hydrogen-bond donors (Lipinski definition) is 1. The first-order chi connectivity index (χ1) is 7.95. The maximum Gasteiger partial charge on any atom is 0.212 e. The van der Waals surface area contributed by atoms with Crippen molar-refractivity contribution < 1.29 is 8.42 Å². The molecule has 0 aromatic carbocycles. The van der Waals surface area contributed by atoms with Crippen LogP contribution >= 0.6 is 0 Å². The van der Waals surface area contributed by atoms with Gasteiger partial charge >= 0.3 is 0 Å². The fourth-order valence-electron chi connectivity index (χ4n) is 2.58. The normalized spacial score (nSPS) is 20.6. The summed E-state index contributed by atoms with van der Waals surface area (Å²) in [7, 11) is -3.42. The van der Waals surface area contributed by atoms with Crippen LogP contribution in [0.5, 0.6) is 0 Å². The van der Waals surface area contributed by atoms with E-state index in [-0.39, 0.29) is 5.92 Å². The lowest BCUT2D eigenvalue weighted by Crippen LogP contribution is -2.34. The molecule has 0 saturated heterocycles. The lowest BCUT2D eigenvalue weighted by molar-refractivity contribution is 0.284. The van der Waals surface area contributed by atoms with Crippen LogP contribution in [0.1, 0.15) is 51.9 Å². The molecule has 17 heavy (non-hydrogen) atoms. The van der Waals surface area contributed by atoms with Gasteiger partial charge in [-0.05, 0) is 24.7 Å². The number of sulfonamides is 1. The minimum atomic E-state index is -3.42. The van der Waals surface area contributed by atoms with Crippen LogP contribution in [0.4, 0.5) is 0 Å². The number of primary sulfonamides is 1. The molecule has 0 radical (unpaired) electrons. The van der Waals surface area contributed by atoms with Crippen LogP contribution < -0.4 is 5.14 Å². The minimum Gasteiger partial charge on any atom is -0.228 e. The maximum absolute atomic E-state index is 11.6. The van der Waals surface area contributed by atoms with Gasteiger partial charge < -0.3 is 0 Å². The molecule has 0 bridgehead atoms. The summed E-state index contributed by atoms with van der Waals surface area (Å²) in [5, 5.41) is 4.91. The molecule has 1 saturated carbocycles. The molecule has 0 amide bonds. The van der Waals surface area contributed by atoms with Crippen molar-refractivity contribution in [3.8, 4) is 0 Å². The van der Waals surface area contributed by atoms with Gasteiger partial charge in [-0.25, -0.2) is 13.6 Å². The van der Waals surface area contributed by atoms with Crippen LogP contribution in [0.15, 0.2) is 12.7 Å². The van der Waals surface area contributed by atoms with Crippen molar-refractivity contribution in [3.05, 3.63) is 12.7 Å². The van der Waals surface area contributed by atoms with Crippen molar-refractivity contribution in [2.45, 2.75) is 57.1 Å². The summed E-state index contributed by atoms with van der Waals surface area (Å²) < 4.78 is 23.1. The quantitative estimate of drug-likeness (QED) is 0.681. The predicted molar refractivity (Wildman–Crippen MR) is 72.1 cm³/mol. The molecule has 3 nitrogen and oxygen atoms in total. The van der Waals surface area contributed by atoms with E-state index in [1.54, 1.807) is 6.08 Å². The van der Waals surface area contributed by atoms with Crippen LogP contribution in [0, 0.1) is 11.8 Å². The van der Waals surface area contributed by atoms with E-state index in [1.807, 2.05) is 6.92 Å². The minimum absolute atomic E-state index is 0.0730. The Morgan fingerprint density at radius 3 is 2.53 bits per heavy atom. The Kier molecular flexibility index (Phi) is 5.67. The molecule has 1 unspecified atom stereocenters. The van der Waals surface area contributed by atoms with Crippen molar-refractivity contribution in [2.24, 2.45) is 17.0 Å². The molecule has 0 aromatic rings. The van der Waals surface area contributed by atoms with Gasteiger partial charge in [0, 0.05) is 0 Å². The highest BCUT2D eigenvalue weighted by molar-refractivity contribution is 7.89. The molecule has 1 aliphatic rings. The van der Waals surface area contributed by atoms with Gasteiger partial charge in [0.1, 0.15) is 0 Å². The topological polar surface area (TPSA) is 60.2 Å². The van der Waals surface area contributed by atoms with Gasteiger partial charge in [-0.1, -0.05) is 45.1 Å². The highest BCUT2D eigenvalue weighted by atomic mass is 32.2. The van der Waals surface area contributed by atoms with Gasteiger partial charge in [0.2, 0.25) is 10.0 Å². The Hall–Kier alpha value is -0.350. The monoisotopic (exact) mass is 259 g/mol. The lowest BCUT2D eigenvalue weighted by atomic mass is 9.81. The van der Waals surface area contributed by atoms with Crippen LogP contribution in [0.3, 0.4) is 0 Å². The number of hydrogen-bond acceptors (Lipinski definition) is 2. The number of allylic oxidation sites excluding steroid dienone is 1. The molecular formula is C13H25NO2S. The van der Waals surface area contributed by atoms with Crippen LogP contribution in [-0.4, -0.2) is 13.7 Å². The molecule has 0 aliphatic heterocycles. The Labute approximate surface area is 106 Å². The zero-order chi connectivity index (χ0) is 12.9. The Bertz CT molecular complexity index is 333. The zero-order valence-electron chi connectivity index (χ0n) is 10.8. The van der Waals surface area contributed by atoms with Crippen molar-refractivity contribution in [1.29, 1.82) is 0 Å². The molecule has 2 N–H and O–H groups in total. The molecule has 100 valence electrons. The van der Waals surface area contributed by atoms with Gasteiger partial charge in [0.15, 0.2) is 0 Å². The van der Waals surface area contributed by atoms with Gasteiger partial charge in [-0.15, -0.1) is 6.58 Å². The first-order valence-electron chi connectivity index (χ1n) is 6.57. The Balaban J connectivity index is 2.42. The van der Waals surface area contributed by atoms with Crippen molar-refractivity contribution in [2.75, 3.05) is 0 Å². The molecule has 1 aliphatic carbocycles. The first kappa shape index (κ1) is 14.7. The average Bonchev–Trinajstić information content (AvgIpc) is 2.12. The van der Waals surface area contributed by atoms with E-state index in [9.17, 15) is 8.42 Å². The van der Waals surface area contributed by atoms with Crippen molar-refractivity contribution >= 4 is 10.0 Å². The SMILES string of the molecule is C=CC[C@H](C)C(CCCC1CCC1)S(N)(=O)=O. The van der Waals surface area contributed by atoms with E-state index in [0.29, 0.717) is 12.8 Å². The van der Waals surface area contributed by atoms with Crippen LogP contribution in [0.2, 0.25) is 0 Å². The summed E-state index contributed by atoms with van der Waals surface area (Å²) in [6.07, 6.45) is 9.31. The zero-order valence-corrected chi connectivity index (χ0v) is 11.6. The molecule has 2 atom stereocenters. The van der Waals surface area contributed by atoms with E-state index < -0.39 is 15.3 Å². The molecule has 1 rings (SSSR count). The molecule has 1 fully saturated rings. The van der Waals surface area contributed by atoms with E-state index in [4.69, 9.17) is 5.14 Å². The smallest absolute Gasteiger partial charge is 0.212 e. The second kappa shape index (κ2) is 6.55. The predicted octanol–water partition coefficient (Wildman–Crippen LogP) is 2.83. The highest BCUT2D eigenvalue weighted by Crippen LogP contribution is 2.32.